The van der Waals surface area contributed by atoms with Gasteiger partial charge in [0.05, 0.1) is 12.7 Å². The highest BCUT2D eigenvalue weighted by Crippen LogP contribution is 2.26. The summed E-state index contributed by atoms with van der Waals surface area (Å²) in [5, 5.41) is 59.8. The van der Waals surface area contributed by atoms with Crippen LogP contribution in [0.1, 0.15) is 39.5 Å². The molecule has 10 nitrogen and oxygen atoms in total. The van der Waals surface area contributed by atoms with Crippen LogP contribution in [-0.2, 0) is 18.9 Å². The first-order valence-electron chi connectivity index (χ1n) is 9.90. The van der Waals surface area contributed by atoms with Crippen LogP contribution in [0.5, 0.6) is 0 Å². The van der Waals surface area contributed by atoms with E-state index in [0.29, 0.717) is 6.61 Å². The molecule has 2 rings (SSSR count). The van der Waals surface area contributed by atoms with Gasteiger partial charge in [-0.15, -0.1) is 0 Å². The lowest BCUT2D eigenvalue weighted by Crippen LogP contribution is -2.61. The summed E-state index contributed by atoms with van der Waals surface area (Å²) in [6.45, 7) is 3.65. The summed E-state index contributed by atoms with van der Waals surface area (Å²) in [5.74, 6) is 0. The summed E-state index contributed by atoms with van der Waals surface area (Å²) < 4.78 is 21.8. The van der Waals surface area contributed by atoms with Crippen molar-refractivity contribution in [1.82, 2.24) is 0 Å². The van der Waals surface area contributed by atoms with Crippen LogP contribution in [0.15, 0.2) is 0 Å². The molecule has 0 radical (unpaired) electrons. The molecule has 0 aromatic rings. The standard InChI is InChI=1S/C18H34O10/c1-3-4-5-6-7-25-17-16(24)14(22)12(20)10(28-17)8-26-18-15(23)13(21)11(19)9(2)27-18/h9-24H,3-8H2,1-2H3/t9-,10+,11-,12+,13+,14-,15+,16+,17+,18+/m0/s1. The number of rotatable bonds is 9. The molecule has 0 aromatic carbocycles. The van der Waals surface area contributed by atoms with Gasteiger partial charge < -0.3 is 49.6 Å². The van der Waals surface area contributed by atoms with Gasteiger partial charge >= 0.3 is 0 Å². The first kappa shape index (κ1) is 23.9. The number of hydrogen-bond donors (Lipinski definition) is 6. The molecule has 6 N–H and O–H groups in total. The Morgan fingerprint density at radius 1 is 0.679 bits per heavy atom. The van der Waals surface area contributed by atoms with Crippen molar-refractivity contribution in [3.8, 4) is 0 Å². The van der Waals surface area contributed by atoms with Gasteiger partial charge in [-0.1, -0.05) is 26.2 Å². The van der Waals surface area contributed by atoms with Crippen molar-refractivity contribution in [3.63, 3.8) is 0 Å². The fraction of sp³-hybridized carbons (Fsp3) is 1.00. The molecule has 0 spiro atoms. The number of ether oxygens (including phenoxy) is 4. The molecule has 28 heavy (non-hydrogen) atoms. The van der Waals surface area contributed by atoms with Crippen LogP contribution in [0.25, 0.3) is 0 Å². The van der Waals surface area contributed by atoms with E-state index in [-0.39, 0.29) is 6.61 Å². The molecular formula is C18H34O10. The van der Waals surface area contributed by atoms with Crippen LogP contribution in [0.3, 0.4) is 0 Å². The zero-order valence-corrected chi connectivity index (χ0v) is 16.3. The molecule has 0 aromatic heterocycles. The fourth-order valence-electron chi connectivity index (χ4n) is 3.26. The summed E-state index contributed by atoms with van der Waals surface area (Å²) in [6, 6.07) is 0. The Morgan fingerprint density at radius 3 is 1.93 bits per heavy atom. The van der Waals surface area contributed by atoms with Gasteiger partial charge in [0.1, 0.15) is 42.7 Å². The molecule has 2 aliphatic heterocycles. The number of unbranched alkanes of at least 4 members (excludes halogenated alkanes) is 3. The molecule has 0 bridgehead atoms. The van der Waals surface area contributed by atoms with Gasteiger partial charge in [-0.05, 0) is 13.3 Å². The third kappa shape index (κ3) is 5.82. The maximum atomic E-state index is 10.1. The first-order chi connectivity index (χ1) is 13.3. The van der Waals surface area contributed by atoms with Crippen molar-refractivity contribution in [1.29, 1.82) is 0 Å². The Balaban J connectivity index is 1.87. The lowest BCUT2D eigenvalue weighted by molar-refractivity contribution is -0.328. The van der Waals surface area contributed by atoms with Crippen LogP contribution in [0.2, 0.25) is 0 Å². The van der Waals surface area contributed by atoms with Gasteiger partial charge in [0.25, 0.3) is 0 Å². The Kier molecular flexibility index (Phi) is 9.48. The molecule has 2 saturated heterocycles. The smallest absolute Gasteiger partial charge is 0.186 e. The van der Waals surface area contributed by atoms with E-state index in [1.54, 1.807) is 0 Å². The Bertz CT molecular complexity index is 452. The van der Waals surface area contributed by atoms with E-state index in [0.717, 1.165) is 25.7 Å². The zero-order valence-electron chi connectivity index (χ0n) is 16.3. The minimum Gasteiger partial charge on any atom is -0.388 e. The largest absolute Gasteiger partial charge is 0.388 e. The van der Waals surface area contributed by atoms with E-state index < -0.39 is 61.4 Å². The average Bonchev–Trinajstić information content (AvgIpc) is 2.68. The normalized spacial score (nSPS) is 44.6. The van der Waals surface area contributed by atoms with Gasteiger partial charge in [-0.3, -0.25) is 0 Å². The fourth-order valence-corrected chi connectivity index (χ4v) is 3.26. The molecule has 0 saturated carbocycles. The van der Waals surface area contributed by atoms with Crippen molar-refractivity contribution in [3.05, 3.63) is 0 Å². The van der Waals surface area contributed by atoms with Crippen molar-refractivity contribution < 1.29 is 49.6 Å². The average molecular weight is 410 g/mol. The third-order valence-corrected chi connectivity index (χ3v) is 5.18. The van der Waals surface area contributed by atoms with Gasteiger partial charge in [0.15, 0.2) is 12.6 Å². The van der Waals surface area contributed by atoms with Crippen molar-refractivity contribution in [2.75, 3.05) is 13.2 Å². The zero-order chi connectivity index (χ0) is 20.8. The topological polar surface area (TPSA) is 158 Å². The predicted molar refractivity (Wildman–Crippen MR) is 95.1 cm³/mol. The van der Waals surface area contributed by atoms with Crippen LogP contribution >= 0.6 is 0 Å². The van der Waals surface area contributed by atoms with E-state index in [9.17, 15) is 30.6 Å². The van der Waals surface area contributed by atoms with Gasteiger partial charge in [-0.25, -0.2) is 0 Å². The van der Waals surface area contributed by atoms with Crippen LogP contribution in [-0.4, -0.2) is 105 Å². The van der Waals surface area contributed by atoms with Crippen LogP contribution in [0.4, 0.5) is 0 Å². The summed E-state index contributed by atoms with van der Waals surface area (Å²) in [4.78, 5) is 0. The lowest BCUT2D eigenvalue weighted by Gasteiger charge is -2.42. The summed E-state index contributed by atoms with van der Waals surface area (Å²) in [7, 11) is 0. The highest BCUT2D eigenvalue weighted by Gasteiger charge is 2.46. The molecular weight excluding hydrogens is 376 g/mol. The van der Waals surface area contributed by atoms with Gasteiger partial charge in [0, 0.05) is 6.61 Å². The number of aliphatic hydroxyl groups is 6. The monoisotopic (exact) mass is 410 g/mol. The Morgan fingerprint density at radius 2 is 1.29 bits per heavy atom. The molecule has 2 heterocycles. The van der Waals surface area contributed by atoms with Crippen LogP contribution in [0, 0.1) is 0 Å². The quantitative estimate of drug-likeness (QED) is 0.240. The lowest BCUT2D eigenvalue weighted by atomic mass is 9.98. The summed E-state index contributed by atoms with van der Waals surface area (Å²) in [5.41, 5.74) is 0. The number of hydrogen-bond acceptors (Lipinski definition) is 10. The summed E-state index contributed by atoms with van der Waals surface area (Å²) in [6.07, 6.45) is -8.84. The SMILES string of the molecule is CCCCCCO[C@@H]1O[C@H](CO[C@@H]2O[C@@H](C)[C@H](O)[C@@H](O)[C@H]2O)[C@@H](O)[C@H](O)[C@H]1O. The molecule has 0 amide bonds. The Hall–Kier alpha value is -0.400. The van der Waals surface area contributed by atoms with E-state index in [1.165, 1.54) is 6.92 Å². The second kappa shape index (κ2) is 11.1. The van der Waals surface area contributed by atoms with Crippen molar-refractivity contribution >= 4 is 0 Å². The third-order valence-electron chi connectivity index (χ3n) is 5.18. The predicted octanol–water partition coefficient (Wildman–Crippen LogP) is -1.76. The Labute approximate surface area is 164 Å². The minimum absolute atomic E-state index is 0.294. The molecule has 2 fully saturated rings. The second-order valence-corrected chi connectivity index (χ2v) is 7.46. The summed E-state index contributed by atoms with van der Waals surface area (Å²) >= 11 is 0. The molecule has 10 heteroatoms. The number of aliphatic hydroxyl groups excluding tert-OH is 6. The van der Waals surface area contributed by atoms with Crippen molar-refractivity contribution in [2.45, 2.75) is 101 Å². The van der Waals surface area contributed by atoms with E-state index >= 15 is 0 Å². The van der Waals surface area contributed by atoms with Crippen LogP contribution < -0.4 is 0 Å². The minimum atomic E-state index is -1.49. The molecule has 0 aliphatic carbocycles. The van der Waals surface area contributed by atoms with E-state index in [4.69, 9.17) is 18.9 Å². The van der Waals surface area contributed by atoms with E-state index in [1.807, 2.05) is 0 Å². The highest BCUT2D eigenvalue weighted by molar-refractivity contribution is 4.91. The van der Waals surface area contributed by atoms with Crippen molar-refractivity contribution in [2.24, 2.45) is 0 Å². The second-order valence-electron chi connectivity index (χ2n) is 7.46. The maximum absolute atomic E-state index is 10.1. The van der Waals surface area contributed by atoms with Gasteiger partial charge in [0.2, 0.25) is 0 Å². The van der Waals surface area contributed by atoms with Gasteiger partial charge in [-0.2, -0.15) is 0 Å². The molecule has 10 atom stereocenters. The highest BCUT2D eigenvalue weighted by atomic mass is 16.7. The van der Waals surface area contributed by atoms with E-state index in [2.05, 4.69) is 6.92 Å². The maximum Gasteiger partial charge on any atom is 0.186 e. The molecule has 2 aliphatic rings. The first-order valence-corrected chi connectivity index (χ1v) is 9.90. The molecule has 166 valence electrons. The molecule has 0 unspecified atom stereocenters.